The van der Waals surface area contributed by atoms with Crippen LogP contribution in [-0.2, 0) is 4.79 Å². The van der Waals surface area contributed by atoms with Crippen LogP contribution >= 0.6 is 34.7 Å². The van der Waals surface area contributed by atoms with Crippen molar-refractivity contribution >= 4 is 51.7 Å². The largest absolute Gasteiger partial charge is 0.481 e. The monoisotopic (exact) mass is 347 g/mol. The number of halogens is 2. The third-order valence-corrected chi connectivity index (χ3v) is 4.37. The van der Waals surface area contributed by atoms with Crippen molar-refractivity contribution in [2.75, 3.05) is 11.1 Å². The first-order valence-electron chi connectivity index (χ1n) is 5.40. The third kappa shape index (κ3) is 4.38. The van der Waals surface area contributed by atoms with Gasteiger partial charge in [0.15, 0.2) is 4.34 Å². The zero-order valence-electron chi connectivity index (χ0n) is 10.2. The van der Waals surface area contributed by atoms with Crippen molar-refractivity contribution in [3.8, 4) is 0 Å². The number of anilines is 1. The van der Waals surface area contributed by atoms with Gasteiger partial charge >= 0.3 is 5.97 Å². The highest BCUT2D eigenvalue weighted by atomic mass is 35.5. The Balaban J connectivity index is 2.02. The second kappa shape index (κ2) is 6.83. The molecule has 0 aliphatic rings. The van der Waals surface area contributed by atoms with Gasteiger partial charge in [-0.15, -0.1) is 10.2 Å². The van der Waals surface area contributed by atoms with Crippen LogP contribution in [0.3, 0.4) is 0 Å². The van der Waals surface area contributed by atoms with Crippen LogP contribution in [0.25, 0.3) is 0 Å². The zero-order valence-corrected chi connectivity index (χ0v) is 12.6. The number of carboxylic acids is 1. The summed E-state index contributed by atoms with van der Waals surface area (Å²) in [5.41, 5.74) is 0.177. The van der Waals surface area contributed by atoms with Gasteiger partial charge in [-0.1, -0.05) is 34.7 Å². The number of thioether (sulfide) groups is 1. The van der Waals surface area contributed by atoms with Crippen LogP contribution in [0.4, 0.5) is 9.52 Å². The summed E-state index contributed by atoms with van der Waals surface area (Å²) >= 11 is 7.64. The summed E-state index contributed by atoms with van der Waals surface area (Å²) in [7, 11) is 0. The molecular weight excluding hydrogens is 341 g/mol. The van der Waals surface area contributed by atoms with E-state index in [1.165, 1.54) is 12.1 Å². The predicted molar refractivity (Wildman–Crippen MR) is 77.6 cm³/mol. The summed E-state index contributed by atoms with van der Waals surface area (Å²) in [5.74, 6) is -2.24. The Morgan fingerprint density at radius 3 is 2.86 bits per heavy atom. The minimum Gasteiger partial charge on any atom is -0.481 e. The molecule has 21 heavy (non-hydrogen) atoms. The normalized spacial score (nSPS) is 10.4. The molecule has 2 N–H and O–H groups in total. The summed E-state index contributed by atoms with van der Waals surface area (Å²) in [5, 5.41) is 18.5. The smallest absolute Gasteiger partial charge is 0.313 e. The standard InChI is InChI=1S/C11H7ClFN3O3S2/c12-6-3-5(1-2-7(6)13)9(19)14-10-15-16-11(21-10)20-4-8(17)18/h1-3H,4H2,(H,17,18)(H,14,15,19). The van der Waals surface area contributed by atoms with Crippen molar-refractivity contribution in [1.82, 2.24) is 10.2 Å². The Morgan fingerprint density at radius 2 is 2.19 bits per heavy atom. The summed E-state index contributed by atoms with van der Waals surface area (Å²) in [6.45, 7) is 0. The molecule has 0 unspecified atom stereocenters. The highest BCUT2D eigenvalue weighted by molar-refractivity contribution is 8.01. The second-order valence-corrected chi connectivity index (χ2v) is 6.25. The maximum atomic E-state index is 13.0. The number of nitrogens with zero attached hydrogens (tertiary/aromatic N) is 2. The average Bonchev–Trinajstić information content (AvgIpc) is 2.87. The molecule has 1 amide bonds. The van der Waals surface area contributed by atoms with Crippen LogP contribution < -0.4 is 5.32 Å². The highest BCUT2D eigenvalue weighted by Gasteiger charge is 2.12. The number of carbonyl (C=O) groups is 2. The molecule has 0 bridgehead atoms. The molecule has 1 aromatic carbocycles. The summed E-state index contributed by atoms with van der Waals surface area (Å²) in [6.07, 6.45) is 0. The van der Waals surface area contributed by atoms with Crippen molar-refractivity contribution in [3.05, 3.63) is 34.6 Å². The van der Waals surface area contributed by atoms with Gasteiger partial charge in [0.2, 0.25) is 5.13 Å². The molecule has 10 heteroatoms. The molecule has 6 nitrogen and oxygen atoms in total. The molecule has 0 radical (unpaired) electrons. The van der Waals surface area contributed by atoms with E-state index in [-0.39, 0.29) is 21.5 Å². The number of aliphatic carboxylic acids is 1. The maximum Gasteiger partial charge on any atom is 0.313 e. The van der Waals surface area contributed by atoms with Gasteiger partial charge in [0, 0.05) is 5.56 Å². The SMILES string of the molecule is O=C(O)CSc1nnc(NC(=O)c2ccc(F)c(Cl)c2)s1. The van der Waals surface area contributed by atoms with E-state index in [2.05, 4.69) is 15.5 Å². The number of nitrogens with one attached hydrogen (secondary N) is 1. The second-order valence-electron chi connectivity index (χ2n) is 3.64. The minimum absolute atomic E-state index is 0.143. The van der Waals surface area contributed by atoms with E-state index in [0.29, 0.717) is 4.34 Å². The number of hydrogen-bond acceptors (Lipinski definition) is 6. The van der Waals surface area contributed by atoms with Gasteiger partial charge in [0.05, 0.1) is 10.8 Å². The van der Waals surface area contributed by atoms with Crippen LogP contribution in [0.2, 0.25) is 5.02 Å². The molecular formula is C11H7ClFN3O3S2. The Bertz CT molecular complexity index is 695. The molecule has 110 valence electrons. The maximum absolute atomic E-state index is 13.0. The van der Waals surface area contributed by atoms with E-state index in [1.54, 1.807) is 0 Å². The highest BCUT2D eigenvalue weighted by Crippen LogP contribution is 2.26. The molecule has 0 aliphatic heterocycles. The number of carboxylic acid groups (broad SMARTS) is 1. The number of benzene rings is 1. The molecule has 0 saturated heterocycles. The number of hydrogen-bond donors (Lipinski definition) is 2. The third-order valence-electron chi connectivity index (χ3n) is 2.13. The van der Waals surface area contributed by atoms with Crippen LogP contribution in [0.15, 0.2) is 22.5 Å². The van der Waals surface area contributed by atoms with Crippen molar-refractivity contribution in [1.29, 1.82) is 0 Å². The van der Waals surface area contributed by atoms with Gasteiger partial charge in [-0.05, 0) is 18.2 Å². The van der Waals surface area contributed by atoms with Crippen molar-refractivity contribution < 1.29 is 19.1 Å². The van der Waals surface area contributed by atoms with Gasteiger partial charge < -0.3 is 5.11 Å². The minimum atomic E-state index is -0.971. The van der Waals surface area contributed by atoms with E-state index in [1.807, 2.05) is 0 Å². The number of rotatable bonds is 5. The fourth-order valence-corrected chi connectivity index (χ4v) is 2.90. The fourth-order valence-electron chi connectivity index (χ4n) is 1.25. The molecule has 0 fully saturated rings. The topological polar surface area (TPSA) is 92.2 Å². The van der Waals surface area contributed by atoms with Gasteiger partial charge in [-0.3, -0.25) is 14.9 Å². The van der Waals surface area contributed by atoms with E-state index in [0.717, 1.165) is 29.2 Å². The Hall–Kier alpha value is -1.71. The molecule has 0 spiro atoms. The number of amides is 1. The van der Waals surface area contributed by atoms with E-state index in [9.17, 15) is 14.0 Å². The summed E-state index contributed by atoms with van der Waals surface area (Å²) in [6, 6.07) is 3.58. The summed E-state index contributed by atoms with van der Waals surface area (Å²) < 4.78 is 13.4. The molecule has 1 aromatic heterocycles. The van der Waals surface area contributed by atoms with Crippen molar-refractivity contribution in [2.45, 2.75) is 4.34 Å². The zero-order chi connectivity index (χ0) is 15.4. The molecule has 0 saturated carbocycles. The van der Waals surface area contributed by atoms with Crippen molar-refractivity contribution in [3.63, 3.8) is 0 Å². The lowest BCUT2D eigenvalue weighted by atomic mass is 10.2. The Kier molecular flexibility index (Phi) is 5.10. The van der Waals surface area contributed by atoms with E-state index >= 15 is 0 Å². The lowest BCUT2D eigenvalue weighted by Gasteiger charge is -2.02. The first-order chi connectivity index (χ1) is 9.95. The number of aromatic nitrogens is 2. The van der Waals surface area contributed by atoms with Gasteiger partial charge in [-0.25, -0.2) is 4.39 Å². The van der Waals surface area contributed by atoms with E-state index in [4.69, 9.17) is 16.7 Å². The van der Waals surface area contributed by atoms with E-state index < -0.39 is 17.7 Å². The Labute approximate surface area is 131 Å². The lowest BCUT2D eigenvalue weighted by Crippen LogP contribution is -2.11. The fraction of sp³-hybridized carbons (Fsp3) is 0.0909. The molecule has 0 atom stereocenters. The molecule has 2 aromatic rings. The quantitative estimate of drug-likeness (QED) is 0.638. The average molecular weight is 348 g/mol. The molecule has 2 rings (SSSR count). The van der Waals surface area contributed by atoms with Crippen LogP contribution in [0, 0.1) is 5.82 Å². The first-order valence-corrected chi connectivity index (χ1v) is 7.58. The van der Waals surface area contributed by atoms with Gasteiger partial charge in [0.1, 0.15) is 5.82 Å². The van der Waals surface area contributed by atoms with Gasteiger partial charge in [0.25, 0.3) is 5.91 Å². The van der Waals surface area contributed by atoms with Gasteiger partial charge in [-0.2, -0.15) is 0 Å². The van der Waals surface area contributed by atoms with Crippen molar-refractivity contribution in [2.24, 2.45) is 0 Å². The van der Waals surface area contributed by atoms with Crippen LogP contribution in [0.5, 0.6) is 0 Å². The Morgan fingerprint density at radius 1 is 1.43 bits per heavy atom. The van der Waals surface area contributed by atoms with Crippen LogP contribution in [0.1, 0.15) is 10.4 Å². The number of carbonyl (C=O) groups excluding carboxylic acids is 1. The lowest BCUT2D eigenvalue weighted by molar-refractivity contribution is -0.133. The predicted octanol–water partition coefficient (Wildman–Crippen LogP) is 2.76. The van der Waals surface area contributed by atoms with Crippen LogP contribution in [-0.4, -0.2) is 32.9 Å². The molecule has 1 heterocycles. The first kappa shape index (κ1) is 15.7. The molecule has 0 aliphatic carbocycles. The summed E-state index contributed by atoms with van der Waals surface area (Å²) in [4.78, 5) is 22.3.